The minimum atomic E-state index is -4.21. The van der Waals surface area contributed by atoms with Gasteiger partial charge in [-0.1, -0.05) is 13.3 Å². The summed E-state index contributed by atoms with van der Waals surface area (Å²) in [5.41, 5.74) is 0. The lowest BCUT2D eigenvalue weighted by molar-refractivity contribution is -0.183. The Hall–Kier alpha value is -0.300. The van der Waals surface area contributed by atoms with Crippen molar-refractivity contribution in [1.82, 2.24) is 4.72 Å². The number of halogens is 3. The van der Waals surface area contributed by atoms with Gasteiger partial charge >= 0.3 is 6.18 Å². The second-order valence-electron chi connectivity index (χ2n) is 4.54. The van der Waals surface area contributed by atoms with Gasteiger partial charge in [0, 0.05) is 6.04 Å². The van der Waals surface area contributed by atoms with Crippen molar-refractivity contribution in [1.29, 1.82) is 0 Å². The standard InChI is InChI=1S/C10H18F3NO2S/c1-2-6-17(15,16)14-9-5-3-4-8(7-9)10(11,12)13/h8-9,14H,2-7H2,1H3/t8-,9-/m0/s1. The number of nitrogens with one attached hydrogen (secondary N) is 1. The molecule has 0 aromatic carbocycles. The van der Waals surface area contributed by atoms with Crippen molar-refractivity contribution in [3.8, 4) is 0 Å². The van der Waals surface area contributed by atoms with E-state index in [4.69, 9.17) is 0 Å². The molecule has 2 atom stereocenters. The van der Waals surface area contributed by atoms with Crippen LogP contribution in [-0.4, -0.2) is 26.4 Å². The average Bonchev–Trinajstić information content (AvgIpc) is 2.15. The molecule has 17 heavy (non-hydrogen) atoms. The Morgan fingerprint density at radius 1 is 1.29 bits per heavy atom. The molecule has 3 nitrogen and oxygen atoms in total. The Morgan fingerprint density at radius 3 is 2.47 bits per heavy atom. The van der Waals surface area contributed by atoms with Crippen molar-refractivity contribution < 1.29 is 21.6 Å². The molecule has 0 unspecified atom stereocenters. The Labute approximate surface area is 99.8 Å². The number of alkyl halides is 3. The maximum Gasteiger partial charge on any atom is 0.391 e. The van der Waals surface area contributed by atoms with Gasteiger partial charge in [0.05, 0.1) is 11.7 Å². The Morgan fingerprint density at radius 2 is 1.94 bits per heavy atom. The van der Waals surface area contributed by atoms with E-state index < -0.39 is 28.2 Å². The summed E-state index contributed by atoms with van der Waals surface area (Å²) in [6.45, 7) is 1.72. The Bertz CT molecular complexity index is 340. The number of hydrogen-bond donors (Lipinski definition) is 1. The van der Waals surface area contributed by atoms with Crippen molar-refractivity contribution in [2.75, 3.05) is 5.75 Å². The summed E-state index contributed by atoms with van der Waals surface area (Å²) in [6.07, 6.45) is -2.86. The molecule has 1 aliphatic rings. The number of rotatable bonds is 4. The van der Waals surface area contributed by atoms with Crippen molar-refractivity contribution in [3.63, 3.8) is 0 Å². The third-order valence-electron chi connectivity index (χ3n) is 2.96. The van der Waals surface area contributed by atoms with Gasteiger partial charge in [0.25, 0.3) is 0 Å². The predicted molar refractivity (Wildman–Crippen MR) is 59.0 cm³/mol. The van der Waals surface area contributed by atoms with Gasteiger partial charge in [-0.15, -0.1) is 0 Å². The SMILES string of the molecule is CCCS(=O)(=O)N[C@H]1CCC[C@H](C(F)(F)F)C1. The summed E-state index contributed by atoms with van der Waals surface area (Å²) >= 11 is 0. The van der Waals surface area contributed by atoms with Crippen molar-refractivity contribution >= 4 is 10.0 Å². The van der Waals surface area contributed by atoms with Crippen LogP contribution in [0, 0.1) is 5.92 Å². The molecular formula is C10H18F3NO2S. The highest BCUT2D eigenvalue weighted by atomic mass is 32.2. The fourth-order valence-electron chi connectivity index (χ4n) is 2.18. The van der Waals surface area contributed by atoms with E-state index in [1.807, 2.05) is 0 Å². The van der Waals surface area contributed by atoms with Crippen LogP contribution in [0.4, 0.5) is 13.2 Å². The fraction of sp³-hybridized carbons (Fsp3) is 1.00. The van der Waals surface area contributed by atoms with Crippen LogP contribution in [0.5, 0.6) is 0 Å². The molecule has 0 bridgehead atoms. The second-order valence-corrected chi connectivity index (χ2v) is 6.41. The molecule has 0 radical (unpaired) electrons. The minimum absolute atomic E-state index is 0.0276. The quantitative estimate of drug-likeness (QED) is 0.855. The fourth-order valence-corrected chi connectivity index (χ4v) is 3.55. The molecule has 0 spiro atoms. The summed E-state index contributed by atoms with van der Waals surface area (Å²) < 4.78 is 62.9. The van der Waals surface area contributed by atoms with E-state index in [1.165, 1.54) is 0 Å². The maximum absolute atomic E-state index is 12.5. The lowest BCUT2D eigenvalue weighted by Crippen LogP contribution is -2.42. The topological polar surface area (TPSA) is 46.2 Å². The first-order valence-corrected chi connectivity index (χ1v) is 7.46. The normalized spacial score (nSPS) is 27.1. The Balaban J connectivity index is 2.56. The molecule has 0 aliphatic heterocycles. The molecule has 1 fully saturated rings. The molecule has 0 amide bonds. The van der Waals surface area contributed by atoms with Crippen LogP contribution >= 0.6 is 0 Å². The van der Waals surface area contributed by atoms with Crippen molar-refractivity contribution in [3.05, 3.63) is 0 Å². The highest BCUT2D eigenvalue weighted by Crippen LogP contribution is 2.37. The van der Waals surface area contributed by atoms with Gasteiger partial charge in [0.1, 0.15) is 0 Å². The highest BCUT2D eigenvalue weighted by molar-refractivity contribution is 7.89. The van der Waals surface area contributed by atoms with Crippen LogP contribution in [0.25, 0.3) is 0 Å². The zero-order valence-electron chi connectivity index (χ0n) is 9.76. The molecule has 0 saturated heterocycles. The number of hydrogen-bond acceptors (Lipinski definition) is 2. The van der Waals surface area contributed by atoms with E-state index in [-0.39, 0.29) is 18.6 Å². The minimum Gasteiger partial charge on any atom is -0.212 e. The van der Waals surface area contributed by atoms with Gasteiger partial charge in [-0.25, -0.2) is 13.1 Å². The van der Waals surface area contributed by atoms with Gasteiger partial charge in [0.2, 0.25) is 10.0 Å². The van der Waals surface area contributed by atoms with Gasteiger partial charge in [-0.05, 0) is 25.7 Å². The predicted octanol–water partition coefficient (Wildman–Crippen LogP) is 2.44. The molecular weight excluding hydrogens is 255 g/mol. The van der Waals surface area contributed by atoms with Crippen molar-refractivity contribution in [2.45, 2.75) is 51.2 Å². The van der Waals surface area contributed by atoms with E-state index in [0.29, 0.717) is 19.3 Å². The van der Waals surface area contributed by atoms with Crippen LogP contribution in [0.2, 0.25) is 0 Å². The molecule has 0 heterocycles. The van der Waals surface area contributed by atoms with Crippen molar-refractivity contribution in [2.24, 2.45) is 5.92 Å². The summed E-state index contributed by atoms with van der Waals surface area (Å²) in [5, 5.41) is 0. The molecule has 0 aromatic heterocycles. The largest absolute Gasteiger partial charge is 0.391 e. The van der Waals surface area contributed by atoms with Gasteiger partial charge < -0.3 is 0 Å². The third-order valence-corrected chi connectivity index (χ3v) is 4.59. The van der Waals surface area contributed by atoms with Gasteiger partial charge in [-0.2, -0.15) is 13.2 Å². The zero-order valence-corrected chi connectivity index (χ0v) is 10.6. The van der Waals surface area contributed by atoms with Crippen LogP contribution in [0.1, 0.15) is 39.0 Å². The summed E-state index contributed by atoms with van der Waals surface area (Å²) in [5.74, 6) is -1.40. The Kier molecular flexibility index (Phi) is 4.83. The summed E-state index contributed by atoms with van der Waals surface area (Å²) in [6, 6.07) is -0.563. The average molecular weight is 273 g/mol. The third kappa shape index (κ3) is 4.83. The first-order chi connectivity index (χ1) is 7.74. The highest BCUT2D eigenvalue weighted by Gasteiger charge is 2.42. The lowest BCUT2D eigenvalue weighted by Gasteiger charge is -2.30. The molecule has 0 aromatic rings. The maximum atomic E-state index is 12.5. The molecule has 1 N–H and O–H groups in total. The first kappa shape index (κ1) is 14.8. The molecule has 7 heteroatoms. The van der Waals surface area contributed by atoms with Crippen LogP contribution in [0.15, 0.2) is 0 Å². The lowest BCUT2D eigenvalue weighted by atomic mass is 9.86. The smallest absolute Gasteiger partial charge is 0.212 e. The zero-order chi connectivity index (χ0) is 13.1. The van der Waals surface area contributed by atoms with Crippen LogP contribution in [0.3, 0.4) is 0 Å². The first-order valence-electron chi connectivity index (χ1n) is 5.81. The van der Waals surface area contributed by atoms with E-state index >= 15 is 0 Å². The molecule has 1 rings (SSSR count). The van der Waals surface area contributed by atoms with Gasteiger partial charge in [-0.3, -0.25) is 0 Å². The van der Waals surface area contributed by atoms with Gasteiger partial charge in [0.15, 0.2) is 0 Å². The number of sulfonamides is 1. The van der Waals surface area contributed by atoms with E-state index in [1.54, 1.807) is 6.92 Å². The van der Waals surface area contributed by atoms with E-state index in [2.05, 4.69) is 4.72 Å². The van der Waals surface area contributed by atoms with Crippen LogP contribution in [-0.2, 0) is 10.0 Å². The molecule has 102 valence electrons. The van der Waals surface area contributed by atoms with E-state index in [0.717, 1.165) is 0 Å². The molecule has 1 saturated carbocycles. The summed E-state index contributed by atoms with van der Waals surface area (Å²) in [4.78, 5) is 0. The molecule has 1 aliphatic carbocycles. The summed E-state index contributed by atoms with van der Waals surface area (Å²) in [7, 11) is -3.42. The van der Waals surface area contributed by atoms with E-state index in [9.17, 15) is 21.6 Å². The monoisotopic (exact) mass is 273 g/mol. The second kappa shape index (κ2) is 5.56. The van der Waals surface area contributed by atoms with Crippen LogP contribution < -0.4 is 4.72 Å².